The van der Waals surface area contributed by atoms with Gasteiger partial charge in [0.05, 0.1) is 6.10 Å². The zero-order chi connectivity index (χ0) is 15.3. The van der Waals surface area contributed by atoms with Crippen LogP contribution < -0.4 is 0 Å². The second-order valence-electron chi connectivity index (χ2n) is 7.75. The van der Waals surface area contributed by atoms with Gasteiger partial charge in [-0.2, -0.15) is 5.11 Å². The van der Waals surface area contributed by atoms with E-state index in [-0.39, 0.29) is 6.04 Å². The van der Waals surface area contributed by atoms with Crippen LogP contribution in [0, 0.1) is 34.6 Å². The number of hydrogen-bond acceptors (Lipinski definition) is 3. The molecule has 7 atom stereocenters. The summed E-state index contributed by atoms with van der Waals surface area (Å²) in [6.07, 6.45) is 16.9. The Morgan fingerprint density at radius 2 is 2.09 bits per heavy atom. The fraction of sp³-hybridized carbons (Fsp3) is 0.684. The lowest BCUT2D eigenvalue weighted by molar-refractivity contribution is -0.0473. The molecule has 4 aliphatic rings. The maximum atomic E-state index is 7.24. The largest absolute Gasteiger partial charge is 0.381 e. The van der Waals surface area contributed by atoms with Crippen molar-refractivity contribution in [2.75, 3.05) is 7.11 Å². The van der Waals surface area contributed by atoms with Gasteiger partial charge < -0.3 is 4.74 Å². The maximum absolute atomic E-state index is 7.24. The molecule has 1 unspecified atom stereocenters. The Morgan fingerprint density at radius 1 is 1.23 bits per heavy atom. The third-order valence-corrected chi connectivity index (χ3v) is 6.97. The van der Waals surface area contributed by atoms with Crippen LogP contribution in [0.3, 0.4) is 0 Å². The highest BCUT2D eigenvalue weighted by molar-refractivity contribution is 5.38. The third-order valence-electron chi connectivity index (χ3n) is 6.97. The van der Waals surface area contributed by atoms with E-state index in [1.54, 1.807) is 0 Å². The van der Waals surface area contributed by atoms with E-state index in [9.17, 15) is 0 Å². The topological polar surface area (TPSA) is 45.4 Å². The summed E-state index contributed by atoms with van der Waals surface area (Å²) >= 11 is 0. The zero-order valence-electron chi connectivity index (χ0n) is 13.5. The molecule has 0 radical (unpaired) electrons. The van der Waals surface area contributed by atoms with Gasteiger partial charge in [-0.05, 0) is 54.4 Å². The number of nitrogens with one attached hydrogen (secondary N) is 1. The summed E-state index contributed by atoms with van der Waals surface area (Å²) in [4.78, 5) is 0. The second-order valence-corrected chi connectivity index (χ2v) is 7.75. The quantitative estimate of drug-likeness (QED) is 0.591. The van der Waals surface area contributed by atoms with Gasteiger partial charge in [-0.1, -0.05) is 37.3 Å². The van der Waals surface area contributed by atoms with Crippen molar-refractivity contribution >= 4 is 0 Å². The van der Waals surface area contributed by atoms with E-state index in [4.69, 9.17) is 10.3 Å². The molecular weight excluding hydrogens is 272 g/mol. The Morgan fingerprint density at radius 3 is 2.86 bits per heavy atom. The summed E-state index contributed by atoms with van der Waals surface area (Å²) < 4.78 is 5.82. The van der Waals surface area contributed by atoms with Crippen molar-refractivity contribution in [1.29, 1.82) is 5.53 Å². The van der Waals surface area contributed by atoms with Crippen LogP contribution in [0.5, 0.6) is 0 Å². The highest BCUT2D eigenvalue weighted by Gasteiger charge is 2.55. The molecule has 0 saturated heterocycles. The first kappa shape index (κ1) is 14.4. The van der Waals surface area contributed by atoms with Crippen LogP contribution in [-0.4, -0.2) is 19.3 Å². The van der Waals surface area contributed by atoms with Crippen LogP contribution in [0.25, 0.3) is 0 Å². The van der Waals surface area contributed by atoms with Gasteiger partial charge >= 0.3 is 0 Å². The molecule has 2 fully saturated rings. The van der Waals surface area contributed by atoms with Crippen LogP contribution in [0.1, 0.15) is 32.6 Å². The lowest BCUT2D eigenvalue weighted by atomic mass is 9.54. The first-order valence-electron chi connectivity index (χ1n) is 8.65. The van der Waals surface area contributed by atoms with Crippen LogP contribution in [0.15, 0.2) is 41.1 Å². The Bertz CT molecular complexity index is 564. The van der Waals surface area contributed by atoms with Gasteiger partial charge in [-0.25, -0.2) is 5.53 Å². The molecule has 0 amide bonds. The molecule has 2 saturated carbocycles. The fourth-order valence-corrected chi connectivity index (χ4v) is 5.83. The number of nitrogens with zero attached hydrogens (tertiary/aromatic N) is 1. The van der Waals surface area contributed by atoms with E-state index >= 15 is 0 Å². The molecule has 0 bridgehead atoms. The average molecular weight is 298 g/mol. The lowest BCUT2D eigenvalue weighted by Gasteiger charge is -2.51. The van der Waals surface area contributed by atoms with Gasteiger partial charge in [0, 0.05) is 13.0 Å². The van der Waals surface area contributed by atoms with Gasteiger partial charge in [0.15, 0.2) is 0 Å². The highest BCUT2D eigenvalue weighted by Crippen LogP contribution is 2.60. The molecule has 3 nitrogen and oxygen atoms in total. The summed E-state index contributed by atoms with van der Waals surface area (Å²) in [5.74, 6) is 2.73. The van der Waals surface area contributed by atoms with Gasteiger partial charge in [0.25, 0.3) is 0 Å². The average Bonchev–Trinajstić information content (AvgIpc) is 2.90. The first-order valence-corrected chi connectivity index (χ1v) is 8.65. The van der Waals surface area contributed by atoms with Crippen molar-refractivity contribution in [3.63, 3.8) is 0 Å². The summed E-state index contributed by atoms with van der Waals surface area (Å²) in [5, 5.41) is 3.66. The minimum absolute atomic E-state index is 0.0503. The maximum Gasteiger partial charge on any atom is 0.107 e. The standard InChI is InChI=1S/C19H26N2O/c1-19-10-9-15-14-6-4-13(21-20)11-12(14)3-5-16(15)17(19)7-8-18(19)22-2/h3-6,11,13-18,20H,7-10H2,1-2H3/t13?,14-,15+,16+,17-,18+,19-/m0/s1. The van der Waals surface area contributed by atoms with E-state index in [2.05, 4.69) is 42.4 Å². The molecule has 22 heavy (non-hydrogen) atoms. The molecule has 0 aromatic carbocycles. The van der Waals surface area contributed by atoms with Crippen LogP contribution in [-0.2, 0) is 4.74 Å². The Labute approximate surface area is 133 Å². The monoisotopic (exact) mass is 298 g/mol. The molecular formula is C19H26N2O. The Balaban J connectivity index is 1.66. The zero-order valence-corrected chi connectivity index (χ0v) is 13.5. The SMILES string of the molecule is CO[C@@H]1CC[C@H]2[C@@H]3C=CC4=CC(N=N)C=C[C@@H]4[C@H]3CC[C@]12C. The molecule has 0 heterocycles. The molecule has 0 aliphatic heterocycles. The van der Waals surface area contributed by atoms with Crippen LogP contribution >= 0.6 is 0 Å². The van der Waals surface area contributed by atoms with Gasteiger partial charge in [0.2, 0.25) is 0 Å². The Kier molecular flexibility index (Phi) is 3.37. The lowest BCUT2D eigenvalue weighted by Crippen LogP contribution is -2.46. The minimum atomic E-state index is -0.0503. The van der Waals surface area contributed by atoms with E-state index in [1.807, 2.05) is 7.11 Å². The number of ether oxygens (including phenoxy) is 1. The van der Waals surface area contributed by atoms with Crippen molar-refractivity contribution in [3.05, 3.63) is 36.0 Å². The molecule has 118 valence electrons. The number of rotatable bonds is 2. The third kappa shape index (κ3) is 1.91. The summed E-state index contributed by atoms with van der Waals surface area (Å²) in [7, 11) is 1.89. The predicted molar refractivity (Wildman–Crippen MR) is 86.6 cm³/mol. The van der Waals surface area contributed by atoms with Gasteiger partial charge in [-0.3, -0.25) is 0 Å². The van der Waals surface area contributed by atoms with Crippen LogP contribution in [0.2, 0.25) is 0 Å². The van der Waals surface area contributed by atoms with E-state index in [0.29, 0.717) is 23.4 Å². The summed E-state index contributed by atoms with van der Waals surface area (Å²) in [6.45, 7) is 2.46. The molecule has 0 aromatic rings. The van der Waals surface area contributed by atoms with Crippen molar-refractivity contribution in [2.45, 2.75) is 44.8 Å². The predicted octanol–water partition coefficient (Wildman–Crippen LogP) is 4.53. The molecule has 4 rings (SSSR count). The second kappa shape index (κ2) is 5.16. The van der Waals surface area contributed by atoms with Gasteiger partial charge in [0.1, 0.15) is 6.04 Å². The molecule has 1 N–H and O–H groups in total. The fourth-order valence-electron chi connectivity index (χ4n) is 5.83. The number of fused-ring (bicyclic) bond motifs is 5. The van der Waals surface area contributed by atoms with E-state index in [1.165, 1.54) is 31.3 Å². The van der Waals surface area contributed by atoms with Gasteiger partial charge in [-0.15, -0.1) is 0 Å². The van der Waals surface area contributed by atoms with E-state index in [0.717, 1.165) is 11.8 Å². The number of allylic oxidation sites excluding steroid dienone is 4. The summed E-state index contributed by atoms with van der Waals surface area (Å²) in [6, 6.07) is -0.0503. The van der Waals surface area contributed by atoms with Crippen molar-refractivity contribution in [3.8, 4) is 0 Å². The first-order chi connectivity index (χ1) is 10.7. The van der Waals surface area contributed by atoms with Crippen molar-refractivity contribution < 1.29 is 4.74 Å². The van der Waals surface area contributed by atoms with Crippen molar-refractivity contribution in [2.24, 2.45) is 34.2 Å². The van der Waals surface area contributed by atoms with E-state index < -0.39 is 0 Å². The smallest absolute Gasteiger partial charge is 0.107 e. The minimum Gasteiger partial charge on any atom is -0.381 e. The van der Waals surface area contributed by atoms with Crippen LogP contribution in [0.4, 0.5) is 0 Å². The van der Waals surface area contributed by atoms with Crippen molar-refractivity contribution in [1.82, 2.24) is 0 Å². The molecule has 0 aromatic heterocycles. The number of hydrogen-bond donors (Lipinski definition) is 1. The normalized spacial score (nSPS) is 49.1. The molecule has 4 aliphatic carbocycles. The molecule has 3 heteroatoms. The Hall–Kier alpha value is -1.22. The number of methoxy groups -OCH3 is 1. The summed E-state index contributed by atoms with van der Waals surface area (Å²) in [5.41, 5.74) is 8.99. The highest BCUT2D eigenvalue weighted by atomic mass is 16.5. The molecule has 0 spiro atoms.